The van der Waals surface area contributed by atoms with Gasteiger partial charge < -0.3 is 10.0 Å². The minimum absolute atomic E-state index is 0.102. The Morgan fingerprint density at radius 1 is 1.32 bits per heavy atom. The van der Waals surface area contributed by atoms with Crippen molar-refractivity contribution in [2.45, 2.75) is 39.5 Å². The van der Waals surface area contributed by atoms with Crippen LogP contribution in [0.1, 0.15) is 38.2 Å². The Labute approximate surface area is 117 Å². The summed E-state index contributed by atoms with van der Waals surface area (Å²) in [5.41, 5.74) is 2.65. The maximum absolute atomic E-state index is 9.85. The van der Waals surface area contributed by atoms with Gasteiger partial charge in [0.2, 0.25) is 0 Å². The molecule has 0 spiro atoms. The lowest BCUT2D eigenvalue weighted by Gasteiger charge is -2.41. The predicted molar refractivity (Wildman–Crippen MR) is 81.6 cm³/mol. The van der Waals surface area contributed by atoms with Crippen LogP contribution in [0.15, 0.2) is 24.3 Å². The van der Waals surface area contributed by atoms with Crippen molar-refractivity contribution < 1.29 is 5.11 Å². The van der Waals surface area contributed by atoms with Crippen LogP contribution in [0.5, 0.6) is 0 Å². The van der Waals surface area contributed by atoms with Crippen molar-refractivity contribution in [3.8, 4) is 0 Å². The Balaban J connectivity index is 2.06. The van der Waals surface area contributed by atoms with Gasteiger partial charge in [0.05, 0.1) is 6.61 Å². The number of hydrogen-bond acceptors (Lipinski definition) is 2. The highest BCUT2D eigenvalue weighted by molar-refractivity contribution is 5.47. The summed E-state index contributed by atoms with van der Waals surface area (Å²) in [6.45, 7) is 5.72. The Bertz CT molecular complexity index is 407. The number of aryl methyl sites for hydroxylation is 1. The van der Waals surface area contributed by atoms with Crippen molar-refractivity contribution in [2.24, 2.45) is 11.3 Å². The summed E-state index contributed by atoms with van der Waals surface area (Å²) < 4.78 is 0. The minimum Gasteiger partial charge on any atom is -0.396 e. The number of aliphatic hydroxyl groups excluding tert-OH is 1. The zero-order chi connectivity index (χ0) is 13.9. The lowest BCUT2D eigenvalue weighted by atomic mass is 9.71. The SMILES string of the molecule is Cc1cccc(N(C)CC2(CO)CCC(C)CC2)c1. The Hall–Kier alpha value is -1.02. The average Bonchev–Trinajstić information content (AvgIpc) is 2.42. The first-order chi connectivity index (χ1) is 9.04. The van der Waals surface area contributed by atoms with E-state index in [-0.39, 0.29) is 5.41 Å². The monoisotopic (exact) mass is 261 g/mol. The summed E-state index contributed by atoms with van der Waals surface area (Å²) in [7, 11) is 2.14. The van der Waals surface area contributed by atoms with Crippen molar-refractivity contribution in [1.29, 1.82) is 0 Å². The van der Waals surface area contributed by atoms with Crippen molar-refractivity contribution in [2.75, 3.05) is 25.1 Å². The molecule has 2 nitrogen and oxygen atoms in total. The molecular weight excluding hydrogens is 234 g/mol. The van der Waals surface area contributed by atoms with E-state index in [2.05, 4.69) is 50.1 Å². The zero-order valence-electron chi connectivity index (χ0n) is 12.5. The molecule has 1 aromatic rings. The number of rotatable bonds is 4. The summed E-state index contributed by atoms with van der Waals surface area (Å²) in [4.78, 5) is 2.30. The molecule has 1 saturated carbocycles. The summed E-state index contributed by atoms with van der Waals surface area (Å²) in [6.07, 6.45) is 4.81. The molecule has 2 rings (SSSR count). The van der Waals surface area contributed by atoms with Gasteiger partial charge in [0.25, 0.3) is 0 Å². The van der Waals surface area contributed by atoms with Crippen LogP contribution in [0.4, 0.5) is 5.69 Å². The van der Waals surface area contributed by atoms with E-state index in [1.54, 1.807) is 0 Å². The third-order valence-electron chi connectivity index (χ3n) is 4.69. The Kier molecular flexibility index (Phi) is 4.51. The molecule has 1 aliphatic rings. The highest BCUT2D eigenvalue weighted by Crippen LogP contribution is 2.39. The third-order valence-corrected chi connectivity index (χ3v) is 4.69. The van der Waals surface area contributed by atoms with Gasteiger partial charge in [0, 0.05) is 24.7 Å². The summed E-state index contributed by atoms with van der Waals surface area (Å²) in [5.74, 6) is 0.823. The average molecular weight is 261 g/mol. The first kappa shape index (κ1) is 14.4. The van der Waals surface area contributed by atoms with E-state index in [9.17, 15) is 5.11 Å². The molecule has 1 fully saturated rings. The number of nitrogens with zero attached hydrogens (tertiary/aromatic N) is 1. The molecule has 0 amide bonds. The van der Waals surface area contributed by atoms with Crippen molar-refractivity contribution in [3.63, 3.8) is 0 Å². The molecule has 0 aliphatic heterocycles. The van der Waals surface area contributed by atoms with Gasteiger partial charge in [-0.1, -0.05) is 31.9 Å². The highest BCUT2D eigenvalue weighted by Gasteiger charge is 2.34. The Morgan fingerprint density at radius 2 is 2.00 bits per heavy atom. The van der Waals surface area contributed by atoms with E-state index >= 15 is 0 Å². The molecule has 0 atom stereocenters. The predicted octanol–water partition coefficient (Wildman–Crippen LogP) is 3.62. The molecule has 1 aromatic carbocycles. The van der Waals surface area contributed by atoms with Crippen LogP contribution in [0, 0.1) is 18.3 Å². The molecule has 0 bridgehead atoms. The molecule has 1 aliphatic carbocycles. The molecule has 0 unspecified atom stereocenters. The molecule has 106 valence electrons. The quantitative estimate of drug-likeness (QED) is 0.895. The van der Waals surface area contributed by atoms with Crippen molar-refractivity contribution >= 4 is 5.69 Å². The standard InChI is InChI=1S/C17H27NO/c1-14-7-9-17(13-19,10-8-14)12-18(3)16-6-4-5-15(2)11-16/h4-6,11,14,19H,7-10,12-13H2,1-3H3. The fourth-order valence-corrected chi connectivity index (χ4v) is 3.20. The molecule has 0 radical (unpaired) electrons. The van der Waals surface area contributed by atoms with Gasteiger partial charge in [0.15, 0.2) is 0 Å². The van der Waals surface area contributed by atoms with E-state index in [0.29, 0.717) is 6.61 Å². The highest BCUT2D eigenvalue weighted by atomic mass is 16.3. The molecule has 2 heteroatoms. The maximum Gasteiger partial charge on any atom is 0.0504 e. The smallest absolute Gasteiger partial charge is 0.0504 e. The van der Waals surface area contributed by atoms with E-state index in [4.69, 9.17) is 0 Å². The van der Waals surface area contributed by atoms with Gasteiger partial charge in [-0.25, -0.2) is 0 Å². The molecule has 0 aromatic heterocycles. The first-order valence-corrected chi connectivity index (χ1v) is 7.43. The minimum atomic E-state index is 0.102. The molecular formula is C17H27NO. The van der Waals surface area contributed by atoms with Crippen LogP contribution in [-0.4, -0.2) is 25.3 Å². The van der Waals surface area contributed by atoms with Gasteiger partial charge in [-0.3, -0.25) is 0 Å². The van der Waals surface area contributed by atoms with Crippen LogP contribution in [0.25, 0.3) is 0 Å². The lowest BCUT2D eigenvalue weighted by Crippen LogP contribution is -2.41. The zero-order valence-corrected chi connectivity index (χ0v) is 12.5. The van der Waals surface area contributed by atoms with Crippen LogP contribution in [0.2, 0.25) is 0 Å². The van der Waals surface area contributed by atoms with Gasteiger partial charge in [-0.2, -0.15) is 0 Å². The summed E-state index contributed by atoms with van der Waals surface area (Å²) in [5, 5.41) is 9.85. The van der Waals surface area contributed by atoms with Gasteiger partial charge >= 0.3 is 0 Å². The number of hydrogen-bond donors (Lipinski definition) is 1. The van der Waals surface area contributed by atoms with Crippen LogP contribution in [0.3, 0.4) is 0 Å². The maximum atomic E-state index is 9.85. The molecule has 19 heavy (non-hydrogen) atoms. The van der Waals surface area contributed by atoms with Crippen molar-refractivity contribution in [1.82, 2.24) is 0 Å². The van der Waals surface area contributed by atoms with E-state index in [1.165, 1.54) is 24.1 Å². The molecule has 0 heterocycles. The van der Waals surface area contributed by atoms with Crippen molar-refractivity contribution in [3.05, 3.63) is 29.8 Å². The fraction of sp³-hybridized carbons (Fsp3) is 0.647. The fourth-order valence-electron chi connectivity index (χ4n) is 3.20. The van der Waals surface area contributed by atoms with Gasteiger partial charge in [-0.05, 0) is 43.4 Å². The Morgan fingerprint density at radius 3 is 2.58 bits per heavy atom. The lowest BCUT2D eigenvalue weighted by molar-refractivity contribution is 0.0740. The number of benzene rings is 1. The normalized spacial score (nSPS) is 27.3. The second kappa shape index (κ2) is 5.96. The molecule has 0 saturated heterocycles. The third kappa shape index (κ3) is 3.50. The van der Waals surface area contributed by atoms with Crippen LogP contribution in [-0.2, 0) is 0 Å². The van der Waals surface area contributed by atoms with E-state index in [0.717, 1.165) is 25.3 Å². The van der Waals surface area contributed by atoms with E-state index in [1.807, 2.05) is 0 Å². The van der Waals surface area contributed by atoms with Crippen LogP contribution >= 0.6 is 0 Å². The summed E-state index contributed by atoms with van der Waals surface area (Å²) in [6, 6.07) is 8.61. The van der Waals surface area contributed by atoms with Crippen LogP contribution < -0.4 is 4.90 Å². The second-order valence-electron chi connectivity index (χ2n) is 6.54. The first-order valence-electron chi connectivity index (χ1n) is 7.43. The van der Waals surface area contributed by atoms with Gasteiger partial charge in [0.1, 0.15) is 0 Å². The van der Waals surface area contributed by atoms with E-state index < -0.39 is 0 Å². The second-order valence-corrected chi connectivity index (χ2v) is 6.54. The number of anilines is 1. The van der Waals surface area contributed by atoms with Gasteiger partial charge in [-0.15, -0.1) is 0 Å². The summed E-state index contributed by atoms with van der Waals surface area (Å²) >= 11 is 0. The number of aliphatic hydroxyl groups is 1. The molecule has 1 N–H and O–H groups in total. The largest absolute Gasteiger partial charge is 0.396 e. The topological polar surface area (TPSA) is 23.5 Å².